The van der Waals surface area contributed by atoms with E-state index in [4.69, 9.17) is 4.42 Å². The number of para-hydroxylation sites is 2. The molecular formula is C37H27NO. The molecule has 0 saturated heterocycles. The standard InChI is InChI=1S/C37H27NO/c1-37(2)30-19-9-8-17-29(30)34-31(37)23-22-28-27-18-11-21-33(35(27)39-36(28)34)38(25-14-4-3-5-15-25)32-20-10-13-24-12-6-7-16-26(24)32/h3-23H,1-2H3. The second kappa shape index (κ2) is 8.09. The van der Waals surface area contributed by atoms with Crippen molar-refractivity contribution in [2.24, 2.45) is 0 Å². The summed E-state index contributed by atoms with van der Waals surface area (Å²) in [5, 5.41) is 4.70. The zero-order chi connectivity index (χ0) is 26.1. The van der Waals surface area contributed by atoms with Gasteiger partial charge in [0.25, 0.3) is 0 Å². The Morgan fingerprint density at radius 1 is 0.513 bits per heavy atom. The Morgan fingerprint density at radius 3 is 2.08 bits per heavy atom. The molecule has 2 nitrogen and oxygen atoms in total. The Balaban J connectivity index is 1.46. The number of anilines is 3. The van der Waals surface area contributed by atoms with Gasteiger partial charge in [0, 0.05) is 32.8 Å². The molecule has 0 amide bonds. The normalized spacial score (nSPS) is 13.6. The van der Waals surface area contributed by atoms with Crippen LogP contribution in [0.2, 0.25) is 0 Å². The van der Waals surface area contributed by atoms with Crippen molar-refractivity contribution in [2.75, 3.05) is 4.90 Å². The van der Waals surface area contributed by atoms with Crippen LogP contribution in [0, 0.1) is 0 Å². The van der Waals surface area contributed by atoms with E-state index < -0.39 is 0 Å². The molecule has 186 valence electrons. The van der Waals surface area contributed by atoms with E-state index in [1.165, 1.54) is 33.0 Å². The van der Waals surface area contributed by atoms with Crippen LogP contribution in [0.15, 0.2) is 132 Å². The number of hydrogen-bond acceptors (Lipinski definition) is 2. The number of furan rings is 1. The highest BCUT2D eigenvalue weighted by atomic mass is 16.3. The van der Waals surface area contributed by atoms with Crippen LogP contribution >= 0.6 is 0 Å². The SMILES string of the molecule is CC1(C)c2ccccc2-c2c1ccc1c2oc2c(N(c3ccccc3)c3cccc4ccccc34)cccc21. The topological polar surface area (TPSA) is 16.4 Å². The van der Waals surface area contributed by atoms with Crippen LogP contribution in [0.25, 0.3) is 43.8 Å². The van der Waals surface area contributed by atoms with Gasteiger partial charge in [-0.3, -0.25) is 0 Å². The van der Waals surface area contributed by atoms with Gasteiger partial charge in [-0.25, -0.2) is 0 Å². The number of benzene rings is 6. The van der Waals surface area contributed by atoms with Crippen molar-refractivity contribution in [1.29, 1.82) is 0 Å². The number of hydrogen-bond donors (Lipinski definition) is 0. The smallest absolute Gasteiger partial charge is 0.159 e. The van der Waals surface area contributed by atoms with Gasteiger partial charge in [-0.1, -0.05) is 117 Å². The summed E-state index contributed by atoms with van der Waals surface area (Å²) in [7, 11) is 0. The molecule has 8 rings (SSSR count). The first-order valence-electron chi connectivity index (χ1n) is 13.5. The van der Waals surface area contributed by atoms with Crippen molar-refractivity contribution in [3.63, 3.8) is 0 Å². The van der Waals surface area contributed by atoms with Crippen LogP contribution in [0.5, 0.6) is 0 Å². The Labute approximate surface area is 227 Å². The fourth-order valence-corrected chi connectivity index (χ4v) is 6.59. The second-order valence-corrected chi connectivity index (χ2v) is 11.0. The Kier molecular flexibility index (Phi) is 4.60. The molecule has 1 aliphatic carbocycles. The third kappa shape index (κ3) is 3.09. The molecule has 1 aromatic heterocycles. The molecule has 7 aromatic rings. The van der Waals surface area contributed by atoms with E-state index in [0.717, 1.165) is 39.0 Å². The van der Waals surface area contributed by atoms with Crippen LogP contribution in [0.4, 0.5) is 17.1 Å². The summed E-state index contributed by atoms with van der Waals surface area (Å²) >= 11 is 0. The van der Waals surface area contributed by atoms with Gasteiger partial charge in [-0.15, -0.1) is 0 Å². The molecule has 0 atom stereocenters. The summed E-state index contributed by atoms with van der Waals surface area (Å²) in [5.41, 5.74) is 10.2. The summed E-state index contributed by atoms with van der Waals surface area (Å²) in [6, 6.07) is 45.5. The van der Waals surface area contributed by atoms with Gasteiger partial charge >= 0.3 is 0 Å². The highest BCUT2D eigenvalue weighted by Crippen LogP contribution is 2.53. The first kappa shape index (κ1) is 22.2. The van der Waals surface area contributed by atoms with Gasteiger partial charge in [0.2, 0.25) is 0 Å². The first-order valence-corrected chi connectivity index (χ1v) is 13.5. The summed E-state index contributed by atoms with van der Waals surface area (Å²) < 4.78 is 6.97. The van der Waals surface area contributed by atoms with E-state index >= 15 is 0 Å². The Bertz CT molecular complexity index is 2040. The fraction of sp³-hybridized carbons (Fsp3) is 0.0811. The largest absolute Gasteiger partial charge is 0.453 e. The van der Waals surface area contributed by atoms with Gasteiger partial charge < -0.3 is 9.32 Å². The minimum atomic E-state index is -0.0685. The van der Waals surface area contributed by atoms with Crippen molar-refractivity contribution >= 4 is 49.8 Å². The maximum absolute atomic E-state index is 6.97. The third-order valence-electron chi connectivity index (χ3n) is 8.45. The maximum Gasteiger partial charge on any atom is 0.159 e. The van der Waals surface area contributed by atoms with Crippen LogP contribution < -0.4 is 4.90 Å². The molecular weight excluding hydrogens is 474 g/mol. The Hall–Kier alpha value is -4.82. The molecule has 0 unspecified atom stereocenters. The summed E-state index contributed by atoms with van der Waals surface area (Å²) in [6.07, 6.45) is 0. The molecule has 0 fully saturated rings. The lowest BCUT2D eigenvalue weighted by Gasteiger charge is -2.26. The van der Waals surface area contributed by atoms with Crippen LogP contribution in [0.1, 0.15) is 25.0 Å². The lowest BCUT2D eigenvalue weighted by Crippen LogP contribution is -2.14. The highest BCUT2D eigenvalue weighted by molar-refractivity contribution is 6.15. The molecule has 0 bridgehead atoms. The van der Waals surface area contributed by atoms with Crippen molar-refractivity contribution in [3.05, 3.63) is 139 Å². The van der Waals surface area contributed by atoms with Crippen LogP contribution in [-0.4, -0.2) is 0 Å². The monoisotopic (exact) mass is 501 g/mol. The minimum absolute atomic E-state index is 0.0685. The van der Waals surface area contributed by atoms with E-state index in [1.54, 1.807) is 0 Å². The molecule has 0 aliphatic heterocycles. The van der Waals surface area contributed by atoms with E-state index in [1.807, 2.05) is 0 Å². The number of fused-ring (bicyclic) bond motifs is 8. The molecule has 0 saturated carbocycles. The second-order valence-electron chi connectivity index (χ2n) is 11.0. The summed E-state index contributed by atoms with van der Waals surface area (Å²) in [5.74, 6) is 0. The molecule has 2 heteroatoms. The fourth-order valence-electron chi connectivity index (χ4n) is 6.59. The van der Waals surface area contributed by atoms with E-state index in [2.05, 4.69) is 146 Å². The van der Waals surface area contributed by atoms with Gasteiger partial charge in [0.1, 0.15) is 5.58 Å². The molecule has 0 radical (unpaired) electrons. The quantitative estimate of drug-likeness (QED) is 0.239. The van der Waals surface area contributed by atoms with Crippen LogP contribution in [-0.2, 0) is 5.41 Å². The summed E-state index contributed by atoms with van der Waals surface area (Å²) in [4.78, 5) is 2.34. The predicted octanol–water partition coefficient (Wildman–Crippen LogP) is 10.5. The van der Waals surface area contributed by atoms with Gasteiger partial charge in [-0.2, -0.15) is 0 Å². The van der Waals surface area contributed by atoms with Crippen molar-refractivity contribution in [1.82, 2.24) is 0 Å². The minimum Gasteiger partial charge on any atom is -0.453 e. The molecule has 6 aromatic carbocycles. The predicted molar refractivity (Wildman–Crippen MR) is 163 cm³/mol. The lowest BCUT2D eigenvalue weighted by molar-refractivity contribution is 0.653. The zero-order valence-electron chi connectivity index (χ0n) is 22.0. The molecule has 0 N–H and O–H groups in total. The van der Waals surface area contributed by atoms with Crippen LogP contribution in [0.3, 0.4) is 0 Å². The lowest BCUT2D eigenvalue weighted by atomic mass is 9.82. The highest BCUT2D eigenvalue weighted by Gasteiger charge is 2.37. The van der Waals surface area contributed by atoms with Gasteiger partial charge in [0.15, 0.2) is 5.58 Å². The molecule has 0 spiro atoms. The van der Waals surface area contributed by atoms with E-state index in [9.17, 15) is 0 Å². The molecule has 39 heavy (non-hydrogen) atoms. The first-order chi connectivity index (χ1) is 19.1. The summed E-state index contributed by atoms with van der Waals surface area (Å²) in [6.45, 7) is 4.63. The van der Waals surface area contributed by atoms with E-state index in [0.29, 0.717) is 0 Å². The zero-order valence-corrected chi connectivity index (χ0v) is 22.0. The van der Waals surface area contributed by atoms with E-state index in [-0.39, 0.29) is 5.41 Å². The third-order valence-corrected chi connectivity index (χ3v) is 8.45. The Morgan fingerprint density at radius 2 is 1.18 bits per heavy atom. The molecule has 1 aliphatic rings. The van der Waals surface area contributed by atoms with Gasteiger partial charge in [-0.05, 0) is 46.3 Å². The average Bonchev–Trinajstić information content (AvgIpc) is 3.47. The average molecular weight is 502 g/mol. The number of nitrogens with zero attached hydrogens (tertiary/aromatic N) is 1. The maximum atomic E-state index is 6.97. The number of rotatable bonds is 3. The van der Waals surface area contributed by atoms with Crippen molar-refractivity contribution in [3.8, 4) is 11.1 Å². The molecule has 1 heterocycles. The van der Waals surface area contributed by atoms with Gasteiger partial charge in [0.05, 0.1) is 11.4 Å². The van der Waals surface area contributed by atoms with Crippen molar-refractivity contribution < 1.29 is 4.42 Å². The van der Waals surface area contributed by atoms with Crippen molar-refractivity contribution in [2.45, 2.75) is 19.3 Å².